The van der Waals surface area contributed by atoms with Gasteiger partial charge in [0.05, 0.1) is 0 Å². The minimum atomic E-state index is 0.143. The molecule has 0 saturated carbocycles. The first-order chi connectivity index (χ1) is 9.67. The molecule has 2 heterocycles. The van der Waals surface area contributed by atoms with Crippen molar-refractivity contribution in [2.24, 2.45) is 13.0 Å². The second-order valence-electron chi connectivity index (χ2n) is 5.19. The van der Waals surface area contributed by atoms with E-state index in [-0.39, 0.29) is 11.8 Å². The van der Waals surface area contributed by atoms with Crippen LogP contribution >= 0.6 is 0 Å². The van der Waals surface area contributed by atoms with Crippen LogP contribution in [0.5, 0.6) is 0 Å². The number of nitrogens with one attached hydrogen (secondary N) is 1. The second kappa shape index (κ2) is 6.55. The molecule has 1 N–H and O–H groups in total. The van der Waals surface area contributed by atoms with Gasteiger partial charge < -0.3 is 9.88 Å². The number of rotatable bonds is 6. The number of aryl methyl sites for hydroxylation is 1. The molecule has 4 nitrogen and oxygen atoms in total. The average molecular weight is 273 g/mol. The molecule has 0 spiro atoms. The van der Waals surface area contributed by atoms with E-state index in [1.807, 2.05) is 17.7 Å². The van der Waals surface area contributed by atoms with Crippen molar-refractivity contribution in [2.75, 3.05) is 6.54 Å². The molecule has 0 unspecified atom stereocenters. The zero-order valence-electron chi connectivity index (χ0n) is 12.5. The van der Waals surface area contributed by atoms with E-state index in [1.54, 1.807) is 6.20 Å². The molecule has 2 aromatic rings. The van der Waals surface area contributed by atoms with Crippen molar-refractivity contribution in [1.29, 1.82) is 0 Å². The first-order valence-corrected chi connectivity index (χ1v) is 7.34. The Morgan fingerprint density at radius 3 is 2.85 bits per heavy atom. The van der Waals surface area contributed by atoms with Gasteiger partial charge in [0.15, 0.2) is 0 Å². The molecule has 0 aliphatic rings. The predicted molar refractivity (Wildman–Crippen MR) is 81.5 cm³/mol. The van der Waals surface area contributed by atoms with Gasteiger partial charge in [-0.05, 0) is 37.0 Å². The summed E-state index contributed by atoms with van der Waals surface area (Å²) in [6, 6.07) is 4.04. The maximum absolute atomic E-state index is 11.9. The SMILES string of the molecule is CCC(CC)C(=O)NCCc1cn(C)c2ncccc12. The van der Waals surface area contributed by atoms with Gasteiger partial charge in [0, 0.05) is 37.3 Å². The highest BCUT2D eigenvalue weighted by Gasteiger charge is 2.13. The second-order valence-corrected chi connectivity index (χ2v) is 5.19. The van der Waals surface area contributed by atoms with E-state index in [9.17, 15) is 4.79 Å². The smallest absolute Gasteiger partial charge is 0.223 e. The van der Waals surface area contributed by atoms with Crippen LogP contribution in [0.1, 0.15) is 32.3 Å². The van der Waals surface area contributed by atoms with Crippen LogP contribution in [0.4, 0.5) is 0 Å². The van der Waals surface area contributed by atoms with E-state index in [0.29, 0.717) is 6.54 Å². The normalized spacial score (nSPS) is 11.2. The van der Waals surface area contributed by atoms with Gasteiger partial charge in [-0.1, -0.05) is 13.8 Å². The van der Waals surface area contributed by atoms with Crippen LogP contribution in [-0.2, 0) is 18.3 Å². The molecule has 2 aromatic heterocycles. The Hall–Kier alpha value is -1.84. The van der Waals surface area contributed by atoms with E-state index in [0.717, 1.165) is 24.9 Å². The zero-order chi connectivity index (χ0) is 14.5. The molecule has 0 aliphatic heterocycles. The van der Waals surface area contributed by atoms with Crippen molar-refractivity contribution in [1.82, 2.24) is 14.9 Å². The molecular weight excluding hydrogens is 250 g/mol. The van der Waals surface area contributed by atoms with Gasteiger partial charge in [-0.3, -0.25) is 4.79 Å². The number of nitrogens with zero attached hydrogens (tertiary/aromatic N) is 2. The predicted octanol–water partition coefficient (Wildman–Crippen LogP) is 2.67. The highest BCUT2D eigenvalue weighted by atomic mass is 16.1. The van der Waals surface area contributed by atoms with Crippen LogP contribution in [0.15, 0.2) is 24.5 Å². The van der Waals surface area contributed by atoms with Gasteiger partial charge in [-0.25, -0.2) is 4.98 Å². The van der Waals surface area contributed by atoms with E-state index in [1.165, 1.54) is 10.9 Å². The Kier molecular flexibility index (Phi) is 4.77. The lowest BCUT2D eigenvalue weighted by molar-refractivity contribution is -0.125. The summed E-state index contributed by atoms with van der Waals surface area (Å²) in [6.45, 7) is 4.80. The van der Waals surface area contributed by atoms with Crippen molar-refractivity contribution in [3.05, 3.63) is 30.1 Å². The van der Waals surface area contributed by atoms with Gasteiger partial charge >= 0.3 is 0 Å². The molecule has 0 aliphatic carbocycles. The standard InChI is InChI=1S/C16H23N3O/c1-4-12(5-2)16(20)18-10-8-13-11-19(3)15-14(13)7-6-9-17-15/h6-7,9,11-12H,4-5,8,10H2,1-3H3,(H,18,20). The first-order valence-electron chi connectivity index (χ1n) is 7.34. The van der Waals surface area contributed by atoms with E-state index in [4.69, 9.17) is 0 Å². The van der Waals surface area contributed by atoms with Crippen LogP contribution in [0, 0.1) is 5.92 Å². The highest BCUT2D eigenvalue weighted by Crippen LogP contribution is 2.18. The van der Waals surface area contributed by atoms with Crippen molar-refractivity contribution in [3.63, 3.8) is 0 Å². The fraction of sp³-hybridized carbons (Fsp3) is 0.500. The number of fused-ring (bicyclic) bond motifs is 1. The van der Waals surface area contributed by atoms with Crippen molar-refractivity contribution in [2.45, 2.75) is 33.1 Å². The van der Waals surface area contributed by atoms with Crippen molar-refractivity contribution < 1.29 is 4.79 Å². The summed E-state index contributed by atoms with van der Waals surface area (Å²) < 4.78 is 2.04. The lowest BCUT2D eigenvalue weighted by Gasteiger charge is -2.12. The Balaban J connectivity index is 1.98. The molecule has 0 atom stereocenters. The molecule has 0 bridgehead atoms. The van der Waals surface area contributed by atoms with Gasteiger partial charge in [-0.2, -0.15) is 0 Å². The van der Waals surface area contributed by atoms with E-state index >= 15 is 0 Å². The van der Waals surface area contributed by atoms with Gasteiger partial charge in [0.2, 0.25) is 5.91 Å². The Morgan fingerprint density at radius 2 is 2.15 bits per heavy atom. The Bertz CT molecular complexity index is 584. The van der Waals surface area contributed by atoms with Crippen LogP contribution in [-0.4, -0.2) is 22.0 Å². The fourth-order valence-electron chi connectivity index (χ4n) is 2.62. The number of aromatic nitrogens is 2. The number of hydrogen-bond donors (Lipinski definition) is 1. The number of hydrogen-bond acceptors (Lipinski definition) is 2. The molecule has 0 saturated heterocycles. The monoisotopic (exact) mass is 273 g/mol. The molecule has 0 fully saturated rings. The summed E-state index contributed by atoms with van der Waals surface area (Å²) in [7, 11) is 2.00. The molecule has 108 valence electrons. The number of pyridine rings is 1. The zero-order valence-corrected chi connectivity index (χ0v) is 12.5. The fourth-order valence-corrected chi connectivity index (χ4v) is 2.62. The van der Waals surface area contributed by atoms with Crippen LogP contribution < -0.4 is 5.32 Å². The maximum Gasteiger partial charge on any atom is 0.223 e. The summed E-state index contributed by atoms with van der Waals surface area (Å²) in [6.07, 6.45) is 6.55. The van der Waals surface area contributed by atoms with Crippen LogP contribution in [0.3, 0.4) is 0 Å². The molecule has 4 heteroatoms. The molecular formula is C16H23N3O. The Labute approximate surface area is 120 Å². The lowest BCUT2D eigenvalue weighted by Crippen LogP contribution is -2.31. The topological polar surface area (TPSA) is 46.9 Å². The summed E-state index contributed by atoms with van der Waals surface area (Å²) in [5.41, 5.74) is 2.23. The average Bonchev–Trinajstić information content (AvgIpc) is 2.78. The van der Waals surface area contributed by atoms with Crippen molar-refractivity contribution >= 4 is 16.9 Å². The minimum absolute atomic E-state index is 0.143. The molecule has 1 amide bonds. The summed E-state index contributed by atoms with van der Waals surface area (Å²) in [5, 5.41) is 4.21. The van der Waals surface area contributed by atoms with E-state index < -0.39 is 0 Å². The third kappa shape index (κ3) is 3.00. The van der Waals surface area contributed by atoms with Crippen molar-refractivity contribution in [3.8, 4) is 0 Å². The summed E-state index contributed by atoms with van der Waals surface area (Å²) in [5.74, 6) is 0.317. The highest BCUT2D eigenvalue weighted by molar-refractivity contribution is 5.81. The third-order valence-electron chi connectivity index (χ3n) is 3.87. The number of carbonyl (C=O) groups excluding carboxylic acids is 1. The van der Waals surface area contributed by atoms with Gasteiger partial charge in [-0.15, -0.1) is 0 Å². The number of carbonyl (C=O) groups is 1. The third-order valence-corrected chi connectivity index (χ3v) is 3.87. The first kappa shape index (κ1) is 14.6. The minimum Gasteiger partial charge on any atom is -0.356 e. The largest absolute Gasteiger partial charge is 0.356 e. The van der Waals surface area contributed by atoms with E-state index in [2.05, 4.69) is 36.4 Å². The van der Waals surface area contributed by atoms with Gasteiger partial charge in [0.25, 0.3) is 0 Å². The quantitative estimate of drug-likeness (QED) is 0.879. The summed E-state index contributed by atoms with van der Waals surface area (Å²) in [4.78, 5) is 16.3. The Morgan fingerprint density at radius 1 is 1.40 bits per heavy atom. The maximum atomic E-state index is 11.9. The summed E-state index contributed by atoms with van der Waals surface area (Å²) >= 11 is 0. The van der Waals surface area contributed by atoms with Crippen LogP contribution in [0.25, 0.3) is 11.0 Å². The molecule has 20 heavy (non-hydrogen) atoms. The van der Waals surface area contributed by atoms with Crippen LogP contribution in [0.2, 0.25) is 0 Å². The number of amides is 1. The lowest BCUT2D eigenvalue weighted by atomic mass is 10.0. The molecule has 0 aromatic carbocycles. The molecule has 2 rings (SSSR count). The van der Waals surface area contributed by atoms with Gasteiger partial charge in [0.1, 0.15) is 5.65 Å². The molecule has 0 radical (unpaired) electrons.